The molecule has 1 spiro atoms. The minimum Gasteiger partial charge on any atom is -0.469 e. The first-order valence-electron chi connectivity index (χ1n) is 16.9. The third-order valence-corrected chi connectivity index (χ3v) is 14.5. The van der Waals surface area contributed by atoms with Crippen LogP contribution < -0.4 is 0 Å². The first-order chi connectivity index (χ1) is 21.6. The van der Waals surface area contributed by atoms with E-state index >= 15 is 0 Å². The second kappa shape index (κ2) is 14.6. The van der Waals surface area contributed by atoms with Crippen LogP contribution >= 0.6 is 11.8 Å². The van der Waals surface area contributed by atoms with Crippen molar-refractivity contribution < 1.29 is 22.7 Å². The summed E-state index contributed by atoms with van der Waals surface area (Å²) in [6.07, 6.45) is 12.3. The number of carbonyl (C=O) groups excluding carboxylic acids is 2. The summed E-state index contributed by atoms with van der Waals surface area (Å²) in [5.74, 6) is 0.488. The Bertz CT molecular complexity index is 1430. The maximum absolute atomic E-state index is 14.1. The molecule has 0 N–H and O–H groups in total. The van der Waals surface area contributed by atoms with Gasteiger partial charge in [0.15, 0.2) is 0 Å². The number of nitrogens with zero attached hydrogens (tertiary/aromatic N) is 1. The smallest absolute Gasteiger partial charge is 0.306 e. The number of methoxy groups -OCH3 is 1. The van der Waals surface area contributed by atoms with Crippen LogP contribution in [0.25, 0.3) is 0 Å². The van der Waals surface area contributed by atoms with E-state index in [0.717, 1.165) is 50.5 Å². The normalized spacial score (nSPS) is 24.8. The molecule has 2 aromatic rings. The minimum atomic E-state index is -3.68. The number of unbranched alkanes of at least 4 members (excludes halogenated alkanes) is 5. The molecule has 4 atom stereocenters. The molecular formula is C37H51NO5S2. The second-order valence-electron chi connectivity index (χ2n) is 14.0. The van der Waals surface area contributed by atoms with Gasteiger partial charge in [-0.2, -0.15) is 11.8 Å². The molecule has 4 unspecified atom stereocenters. The molecule has 246 valence electrons. The van der Waals surface area contributed by atoms with E-state index in [1.807, 2.05) is 12.1 Å². The van der Waals surface area contributed by atoms with Crippen LogP contribution in [0, 0.1) is 16.7 Å². The Morgan fingerprint density at radius 3 is 2.33 bits per heavy atom. The third kappa shape index (κ3) is 7.32. The molecule has 1 saturated heterocycles. The number of hydrogen-bond donors (Lipinski definition) is 0. The summed E-state index contributed by atoms with van der Waals surface area (Å²) in [5.41, 5.74) is 3.30. The SMILES string of the molecule is COC(=O)CCSC(CC(=O)N1C2CC3CCC2(CS1(=O)=O)C3(C)C)c1ccccc1CCCCCCCCc1ccccc1. The third-order valence-electron chi connectivity index (χ3n) is 11.3. The van der Waals surface area contributed by atoms with E-state index < -0.39 is 10.0 Å². The number of sulfonamides is 1. The highest BCUT2D eigenvalue weighted by molar-refractivity contribution is 7.99. The van der Waals surface area contributed by atoms with Crippen LogP contribution in [-0.4, -0.2) is 49.3 Å². The maximum atomic E-state index is 14.1. The summed E-state index contributed by atoms with van der Waals surface area (Å²) in [6, 6.07) is 18.7. The lowest BCUT2D eigenvalue weighted by Crippen LogP contribution is -2.44. The van der Waals surface area contributed by atoms with Crippen molar-refractivity contribution in [1.29, 1.82) is 0 Å². The van der Waals surface area contributed by atoms with Gasteiger partial charge in [0.2, 0.25) is 15.9 Å². The molecule has 6 nitrogen and oxygen atoms in total. The van der Waals surface area contributed by atoms with Crippen LogP contribution in [0.1, 0.15) is 106 Å². The molecule has 0 radical (unpaired) electrons. The van der Waals surface area contributed by atoms with E-state index in [2.05, 4.69) is 56.3 Å². The van der Waals surface area contributed by atoms with Crippen LogP contribution in [0.15, 0.2) is 54.6 Å². The molecule has 3 fully saturated rings. The highest BCUT2D eigenvalue weighted by Crippen LogP contribution is 2.70. The number of amides is 1. The zero-order valence-corrected chi connectivity index (χ0v) is 29.0. The number of esters is 1. The van der Waals surface area contributed by atoms with Crippen molar-refractivity contribution >= 4 is 33.7 Å². The summed E-state index contributed by atoms with van der Waals surface area (Å²) in [7, 11) is -2.29. The van der Waals surface area contributed by atoms with Gasteiger partial charge in [0.05, 0.1) is 25.3 Å². The number of fused-ring (bicyclic) bond motifs is 1. The quantitative estimate of drug-likeness (QED) is 0.135. The molecule has 45 heavy (non-hydrogen) atoms. The topological polar surface area (TPSA) is 80.8 Å². The first kappa shape index (κ1) is 34.0. The van der Waals surface area contributed by atoms with Crippen LogP contribution in [0.3, 0.4) is 0 Å². The lowest BCUT2D eigenvalue weighted by molar-refractivity contribution is -0.140. The Kier molecular flexibility index (Phi) is 11.1. The summed E-state index contributed by atoms with van der Waals surface area (Å²) in [4.78, 5) is 26.0. The fraction of sp³-hybridized carbons (Fsp3) is 0.622. The van der Waals surface area contributed by atoms with Gasteiger partial charge in [-0.05, 0) is 73.0 Å². The zero-order valence-electron chi connectivity index (χ0n) is 27.3. The predicted molar refractivity (Wildman–Crippen MR) is 182 cm³/mol. The van der Waals surface area contributed by atoms with Crippen LogP contribution in [0.4, 0.5) is 0 Å². The molecule has 5 rings (SSSR count). The van der Waals surface area contributed by atoms with Crippen molar-refractivity contribution in [1.82, 2.24) is 4.31 Å². The molecule has 2 bridgehead atoms. The Balaban J connectivity index is 1.21. The molecule has 2 aromatic carbocycles. The van der Waals surface area contributed by atoms with Gasteiger partial charge in [0.1, 0.15) is 0 Å². The van der Waals surface area contributed by atoms with E-state index in [9.17, 15) is 18.0 Å². The van der Waals surface area contributed by atoms with Crippen molar-refractivity contribution in [3.8, 4) is 0 Å². The molecule has 1 amide bonds. The highest BCUT2D eigenvalue weighted by Gasteiger charge is 2.72. The van der Waals surface area contributed by atoms with Gasteiger partial charge in [0, 0.05) is 22.8 Å². The number of thioether (sulfide) groups is 1. The Morgan fingerprint density at radius 2 is 1.62 bits per heavy atom. The van der Waals surface area contributed by atoms with Gasteiger partial charge in [-0.25, -0.2) is 12.7 Å². The average Bonchev–Trinajstić information content (AvgIpc) is 3.51. The van der Waals surface area contributed by atoms with Gasteiger partial charge in [0.25, 0.3) is 0 Å². The van der Waals surface area contributed by atoms with Crippen molar-refractivity contribution in [2.45, 2.75) is 109 Å². The van der Waals surface area contributed by atoms with Crippen molar-refractivity contribution in [3.63, 3.8) is 0 Å². The Hall–Kier alpha value is -2.32. The van der Waals surface area contributed by atoms with E-state index in [4.69, 9.17) is 4.74 Å². The predicted octanol–water partition coefficient (Wildman–Crippen LogP) is 7.91. The lowest BCUT2D eigenvalue weighted by atomic mass is 9.69. The Labute approximate surface area is 275 Å². The lowest BCUT2D eigenvalue weighted by Gasteiger charge is -2.37. The molecule has 0 aromatic heterocycles. The number of carbonyl (C=O) groups is 2. The summed E-state index contributed by atoms with van der Waals surface area (Å²) >= 11 is 1.57. The number of hydrogen-bond acceptors (Lipinski definition) is 6. The fourth-order valence-corrected chi connectivity index (χ4v) is 12.4. The highest BCUT2D eigenvalue weighted by atomic mass is 32.2. The van der Waals surface area contributed by atoms with Crippen molar-refractivity contribution in [2.75, 3.05) is 18.6 Å². The molecule has 1 aliphatic heterocycles. The maximum Gasteiger partial charge on any atom is 0.306 e. The molecule has 2 aliphatic carbocycles. The number of rotatable bonds is 16. The summed E-state index contributed by atoms with van der Waals surface area (Å²) in [6.45, 7) is 4.42. The first-order valence-corrected chi connectivity index (χ1v) is 19.6. The van der Waals surface area contributed by atoms with E-state index in [1.165, 1.54) is 48.2 Å². The van der Waals surface area contributed by atoms with E-state index in [-0.39, 0.29) is 52.6 Å². The fourth-order valence-electron chi connectivity index (χ4n) is 8.58. The number of benzene rings is 2. The molecule has 2 saturated carbocycles. The van der Waals surface area contributed by atoms with Gasteiger partial charge in [-0.1, -0.05) is 94.1 Å². The molecule has 3 aliphatic rings. The molecule has 8 heteroatoms. The van der Waals surface area contributed by atoms with Crippen LogP contribution in [0.5, 0.6) is 0 Å². The zero-order chi connectivity index (χ0) is 32.1. The number of ether oxygens (including phenoxy) is 1. The molecular weight excluding hydrogens is 603 g/mol. The average molecular weight is 654 g/mol. The second-order valence-corrected chi connectivity index (χ2v) is 17.2. The Morgan fingerprint density at radius 1 is 0.956 bits per heavy atom. The number of aryl methyl sites for hydroxylation is 2. The van der Waals surface area contributed by atoms with Crippen molar-refractivity contribution in [2.24, 2.45) is 16.7 Å². The van der Waals surface area contributed by atoms with E-state index in [0.29, 0.717) is 11.7 Å². The standard InChI is InChI=1S/C37H51NO5S2/c1-36(2)30-21-23-37(36)27-45(41,42)38(33(37)25-30)34(39)26-32(44-24-22-35(40)43-3)31-20-14-13-19-29(31)18-12-7-5-4-6-9-15-28-16-10-8-11-17-28/h8,10-11,13-14,16-17,19-20,30,32-33H,4-7,9,12,15,18,21-27H2,1-3H3. The molecule has 1 heterocycles. The van der Waals surface area contributed by atoms with Crippen LogP contribution in [-0.2, 0) is 37.2 Å². The monoisotopic (exact) mass is 653 g/mol. The summed E-state index contributed by atoms with van der Waals surface area (Å²) < 4.78 is 33.4. The van der Waals surface area contributed by atoms with Crippen molar-refractivity contribution in [3.05, 3.63) is 71.3 Å². The van der Waals surface area contributed by atoms with Gasteiger partial charge < -0.3 is 4.74 Å². The van der Waals surface area contributed by atoms with E-state index in [1.54, 1.807) is 11.8 Å². The largest absolute Gasteiger partial charge is 0.469 e. The van der Waals surface area contributed by atoms with Gasteiger partial charge in [-0.3, -0.25) is 9.59 Å². The van der Waals surface area contributed by atoms with Gasteiger partial charge in [-0.15, -0.1) is 0 Å². The summed E-state index contributed by atoms with van der Waals surface area (Å²) in [5, 5.41) is -0.227. The van der Waals surface area contributed by atoms with Gasteiger partial charge >= 0.3 is 5.97 Å². The van der Waals surface area contributed by atoms with Crippen LogP contribution in [0.2, 0.25) is 0 Å². The minimum absolute atomic E-state index is 0.0804.